The van der Waals surface area contributed by atoms with Gasteiger partial charge in [-0.1, -0.05) is 36.4 Å². The molecule has 21 heavy (non-hydrogen) atoms. The number of rotatable bonds is 6. The summed E-state index contributed by atoms with van der Waals surface area (Å²) in [5, 5.41) is 0. The molecule has 0 aliphatic rings. The topological polar surface area (TPSA) is 29.5 Å². The third-order valence-electron chi connectivity index (χ3n) is 3.58. The molecule has 0 saturated heterocycles. The van der Waals surface area contributed by atoms with Gasteiger partial charge in [0.25, 0.3) is 0 Å². The summed E-state index contributed by atoms with van der Waals surface area (Å²) in [6.07, 6.45) is 0. The van der Waals surface area contributed by atoms with E-state index in [0.29, 0.717) is 16.9 Å². The van der Waals surface area contributed by atoms with Crippen molar-refractivity contribution in [2.24, 2.45) is 0 Å². The first-order valence-corrected chi connectivity index (χ1v) is 7.24. The van der Waals surface area contributed by atoms with Gasteiger partial charge in [-0.25, -0.2) is 0 Å². The zero-order valence-electron chi connectivity index (χ0n) is 12.8. The smallest absolute Gasteiger partial charge is 0.196 e. The fourth-order valence-corrected chi connectivity index (χ4v) is 2.48. The largest absolute Gasteiger partial charge is 0.494 e. The molecule has 110 valence electrons. The molecule has 0 radical (unpaired) electrons. The van der Waals surface area contributed by atoms with Crippen molar-refractivity contribution in [2.45, 2.75) is 13.8 Å². The molecule has 3 heteroatoms. The van der Waals surface area contributed by atoms with Crippen LogP contribution in [0.1, 0.15) is 29.8 Å². The van der Waals surface area contributed by atoms with E-state index in [0.717, 1.165) is 18.8 Å². The third kappa shape index (κ3) is 3.07. The summed E-state index contributed by atoms with van der Waals surface area (Å²) >= 11 is 0. The maximum absolute atomic E-state index is 12.7. The molecule has 0 N–H and O–H groups in total. The number of ether oxygens (including phenoxy) is 1. The first kappa shape index (κ1) is 15.1. The highest BCUT2D eigenvalue weighted by atomic mass is 16.5. The Labute approximate surface area is 126 Å². The minimum absolute atomic E-state index is 0.0125. The lowest BCUT2D eigenvalue weighted by atomic mass is 10.0. The normalized spacial score (nSPS) is 10.2. The maximum atomic E-state index is 12.7. The Morgan fingerprint density at radius 1 is 1.00 bits per heavy atom. The molecule has 2 aromatic rings. The van der Waals surface area contributed by atoms with Crippen molar-refractivity contribution in [3.05, 3.63) is 59.7 Å². The SMILES string of the molecule is CCN(CC)c1cccc(C(=O)c2ccccc2)c1OC. The number of ketones is 1. The first-order chi connectivity index (χ1) is 10.2. The van der Waals surface area contributed by atoms with Crippen molar-refractivity contribution in [3.8, 4) is 5.75 Å². The van der Waals surface area contributed by atoms with E-state index in [1.807, 2.05) is 48.5 Å². The van der Waals surface area contributed by atoms with Gasteiger partial charge in [-0.2, -0.15) is 0 Å². The molecule has 0 atom stereocenters. The fraction of sp³-hybridized carbons (Fsp3) is 0.278. The number of anilines is 1. The Morgan fingerprint density at radius 2 is 1.67 bits per heavy atom. The van der Waals surface area contributed by atoms with Crippen LogP contribution in [-0.2, 0) is 0 Å². The Hall–Kier alpha value is -2.29. The molecule has 3 nitrogen and oxygen atoms in total. The second-order valence-corrected chi connectivity index (χ2v) is 4.73. The number of methoxy groups -OCH3 is 1. The molecular weight excluding hydrogens is 262 g/mol. The van der Waals surface area contributed by atoms with Crippen LogP contribution in [0, 0.1) is 0 Å². The van der Waals surface area contributed by atoms with Gasteiger partial charge in [0.15, 0.2) is 11.5 Å². The van der Waals surface area contributed by atoms with E-state index in [9.17, 15) is 4.79 Å². The Kier molecular flexibility index (Phi) is 4.99. The van der Waals surface area contributed by atoms with E-state index in [-0.39, 0.29) is 5.78 Å². The fourth-order valence-electron chi connectivity index (χ4n) is 2.48. The minimum Gasteiger partial charge on any atom is -0.494 e. The summed E-state index contributed by atoms with van der Waals surface area (Å²) in [6, 6.07) is 15.0. The number of carbonyl (C=O) groups is 1. The molecule has 2 rings (SSSR count). The monoisotopic (exact) mass is 283 g/mol. The number of hydrogen-bond acceptors (Lipinski definition) is 3. The highest BCUT2D eigenvalue weighted by Crippen LogP contribution is 2.33. The second kappa shape index (κ2) is 6.93. The molecule has 0 amide bonds. The van der Waals surface area contributed by atoms with Gasteiger partial charge in [-0.05, 0) is 26.0 Å². The summed E-state index contributed by atoms with van der Waals surface area (Å²) < 4.78 is 5.54. The van der Waals surface area contributed by atoms with Crippen LogP contribution in [0.4, 0.5) is 5.69 Å². The molecule has 0 aliphatic carbocycles. The van der Waals surface area contributed by atoms with E-state index >= 15 is 0 Å². The third-order valence-corrected chi connectivity index (χ3v) is 3.58. The minimum atomic E-state index is -0.0125. The highest BCUT2D eigenvalue weighted by molar-refractivity contribution is 6.11. The van der Waals surface area contributed by atoms with Gasteiger partial charge < -0.3 is 9.64 Å². The molecule has 0 heterocycles. The van der Waals surface area contributed by atoms with Crippen molar-refractivity contribution >= 4 is 11.5 Å². The summed E-state index contributed by atoms with van der Waals surface area (Å²) in [4.78, 5) is 14.9. The summed E-state index contributed by atoms with van der Waals surface area (Å²) in [5.41, 5.74) is 2.24. The van der Waals surface area contributed by atoms with Crippen LogP contribution in [0.15, 0.2) is 48.5 Å². The molecule has 0 fully saturated rings. The van der Waals surface area contributed by atoms with Gasteiger partial charge in [-0.15, -0.1) is 0 Å². The summed E-state index contributed by atoms with van der Waals surface area (Å²) in [7, 11) is 1.62. The lowest BCUT2D eigenvalue weighted by Crippen LogP contribution is -2.23. The van der Waals surface area contributed by atoms with E-state index in [1.165, 1.54) is 0 Å². The summed E-state index contributed by atoms with van der Waals surface area (Å²) in [6.45, 7) is 5.93. The standard InChI is InChI=1S/C18H21NO2/c1-4-19(5-2)16-13-9-12-15(18(16)21-3)17(20)14-10-7-6-8-11-14/h6-13H,4-5H2,1-3H3. The number of nitrogens with zero attached hydrogens (tertiary/aromatic N) is 1. The van der Waals surface area contributed by atoms with Gasteiger partial charge in [0.2, 0.25) is 0 Å². The molecule has 0 unspecified atom stereocenters. The first-order valence-electron chi connectivity index (χ1n) is 7.24. The van der Waals surface area contributed by atoms with Crippen LogP contribution in [0.25, 0.3) is 0 Å². The van der Waals surface area contributed by atoms with Crippen LogP contribution >= 0.6 is 0 Å². The van der Waals surface area contributed by atoms with Crippen LogP contribution in [0.2, 0.25) is 0 Å². The quantitative estimate of drug-likeness (QED) is 0.756. The molecule has 0 bridgehead atoms. The van der Waals surface area contributed by atoms with E-state index in [4.69, 9.17) is 4.74 Å². The van der Waals surface area contributed by atoms with Crippen molar-refractivity contribution < 1.29 is 9.53 Å². The van der Waals surface area contributed by atoms with E-state index in [1.54, 1.807) is 7.11 Å². The zero-order valence-corrected chi connectivity index (χ0v) is 12.8. The van der Waals surface area contributed by atoms with Crippen LogP contribution < -0.4 is 9.64 Å². The van der Waals surface area contributed by atoms with Crippen molar-refractivity contribution in [1.82, 2.24) is 0 Å². The Morgan fingerprint density at radius 3 is 2.24 bits per heavy atom. The molecular formula is C18H21NO2. The van der Waals surface area contributed by atoms with Crippen LogP contribution in [0.3, 0.4) is 0 Å². The van der Waals surface area contributed by atoms with Gasteiger partial charge in [0.05, 0.1) is 18.4 Å². The number of benzene rings is 2. The van der Waals surface area contributed by atoms with Crippen molar-refractivity contribution in [1.29, 1.82) is 0 Å². The second-order valence-electron chi connectivity index (χ2n) is 4.73. The molecule has 0 saturated carbocycles. The molecule has 0 aliphatic heterocycles. The zero-order chi connectivity index (χ0) is 15.2. The van der Waals surface area contributed by atoms with Gasteiger partial charge in [-0.3, -0.25) is 4.79 Å². The predicted octanol–water partition coefficient (Wildman–Crippen LogP) is 3.77. The highest BCUT2D eigenvalue weighted by Gasteiger charge is 2.19. The molecule has 0 spiro atoms. The van der Waals surface area contributed by atoms with Gasteiger partial charge in [0, 0.05) is 18.7 Å². The van der Waals surface area contributed by atoms with Crippen LogP contribution in [0.5, 0.6) is 5.75 Å². The molecule has 2 aromatic carbocycles. The van der Waals surface area contributed by atoms with Gasteiger partial charge in [0.1, 0.15) is 0 Å². The number of carbonyl (C=O) groups excluding carboxylic acids is 1. The maximum Gasteiger partial charge on any atom is 0.196 e. The van der Waals surface area contributed by atoms with E-state index < -0.39 is 0 Å². The summed E-state index contributed by atoms with van der Waals surface area (Å²) in [5.74, 6) is 0.636. The lowest BCUT2D eigenvalue weighted by molar-refractivity contribution is 0.103. The average Bonchev–Trinajstić information content (AvgIpc) is 2.56. The van der Waals surface area contributed by atoms with Crippen LogP contribution in [-0.4, -0.2) is 26.0 Å². The van der Waals surface area contributed by atoms with Crippen molar-refractivity contribution in [3.63, 3.8) is 0 Å². The predicted molar refractivity (Wildman–Crippen MR) is 86.4 cm³/mol. The van der Waals surface area contributed by atoms with Crippen molar-refractivity contribution in [2.75, 3.05) is 25.1 Å². The lowest BCUT2D eigenvalue weighted by Gasteiger charge is -2.24. The average molecular weight is 283 g/mol. The Bertz CT molecular complexity index is 604. The van der Waals surface area contributed by atoms with E-state index in [2.05, 4.69) is 18.7 Å². The number of para-hydroxylation sites is 1. The molecule has 0 aromatic heterocycles. The van der Waals surface area contributed by atoms with Gasteiger partial charge >= 0.3 is 0 Å². The Balaban J connectivity index is 2.49. The number of hydrogen-bond donors (Lipinski definition) is 0.